The van der Waals surface area contributed by atoms with Gasteiger partial charge in [0, 0.05) is 19.1 Å². The second-order valence-corrected chi connectivity index (χ2v) is 5.99. The molecule has 1 rings (SSSR count). The Bertz CT molecular complexity index is 185. The zero-order chi connectivity index (χ0) is 11.5. The van der Waals surface area contributed by atoms with Crippen molar-refractivity contribution in [1.82, 2.24) is 10.2 Å². The van der Waals surface area contributed by atoms with E-state index in [-0.39, 0.29) is 0 Å². The maximum atomic E-state index is 3.37. The van der Waals surface area contributed by atoms with E-state index >= 15 is 0 Å². The van der Waals surface area contributed by atoms with Crippen LogP contribution in [0, 0.1) is 11.3 Å². The smallest absolute Gasteiger partial charge is 0.00991 e. The second kappa shape index (κ2) is 5.31. The van der Waals surface area contributed by atoms with Crippen LogP contribution >= 0.6 is 0 Å². The van der Waals surface area contributed by atoms with Gasteiger partial charge in [0.05, 0.1) is 0 Å². The van der Waals surface area contributed by atoms with Crippen LogP contribution < -0.4 is 5.32 Å². The highest BCUT2D eigenvalue weighted by Gasteiger charge is 2.27. The average Bonchev–Trinajstić information content (AvgIpc) is 2.09. The molecule has 0 aliphatic heterocycles. The fraction of sp³-hybridized carbons (Fsp3) is 1.00. The van der Waals surface area contributed by atoms with Crippen LogP contribution in [0.5, 0.6) is 0 Å². The summed E-state index contributed by atoms with van der Waals surface area (Å²) in [6, 6.07) is 0.571. The Balaban J connectivity index is 2.30. The van der Waals surface area contributed by atoms with Crippen molar-refractivity contribution in [1.29, 1.82) is 0 Å². The molecule has 1 aliphatic rings. The molecule has 0 aromatic carbocycles. The van der Waals surface area contributed by atoms with Gasteiger partial charge in [-0.05, 0) is 45.2 Å². The van der Waals surface area contributed by atoms with Crippen LogP contribution in [0.4, 0.5) is 0 Å². The van der Waals surface area contributed by atoms with Gasteiger partial charge in [-0.15, -0.1) is 0 Å². The molecule has 1 saturated carbocycles. The molecule has 1 aliphatic carbocycles. The minimum Gasteiger partial charge on any atom is -0.317 e. The monoisotopic (exact) mass is 212 g/mol. The zero-order valence-corrected chi connectivity index (χ0v) is 11.1. The van der Waals surface area contributed by atoms with Gasteiger partial charge in [-0.3, -0.25) is 0 Å². The topological polar surface area (TPSA) is 15.3 Å². The summed E-state index contributed by atoms with van der Waals surface area (Å²) >= 11 is 0. The highest BCUT2D eigenvalue weighted by atomic mass is 15.1. The van der Waals surface area contributed by atoms with Crippen LogP contribution in [0.1, 0.15) is 40.0 Å². The van der Waals surface area contributed by atoms with E-state index in [1.54, 1.807) is 0 Å². The van der Waals surface area contributed by atoms with Gasteiger partial charge in [0.25, 0.3) is 0 Å². The molecule has 1 atom stereocenters. The van der Waals surface area contributed by atoms with E-state index < -0.39 is 0 Å². The molecular formula is C13H28N2. The summed E-state index contributed by atoms with van der Waals surface area (Å²) in [5.74, 6) is 0.982. The van der Waals surface area contributed by atoms with Crippen molar-refractivity contribution in [3.05, 3.63) is 0 Å². The molecule has 0 bridgehead atoms. The maximum absolute atomic E-state index is 3.37. The van der Waals surface area contributed by atoms with E-state index in [1.165, 1.54) is 32.4 Å². The molecule has 0 spiro atoms. The van der Waals surface area contributed by atoms with Crippen LogP contribution in [-0.4, -0.2) is 38.1 Å². The highest BCUT2D eigenvalue weighted by molar-refractivity contribution is 4.83. The number of hydrogen-bond donors (Lipinski definition) is 1. The third kappa shape index (κ3) is 3.76. The van der Waals surface area contributed by atoms with Gasteiger partial charge >= 0.3 is 0 Å². The quantitative estimate of drug-likeness (QED) is 0.727. The zero-order valence-electron chi connectivity index (χ0n) is 11.1. The summed E-state index contributed by atoms with van der Waals surface area (Å²) in [7, 11) is 4.32. The first-order valence-electron chi connectivity index (χ1n) is 6.31. The first kappa shape index (κ1) is 13.0. The Morgan fingerprint density at radius 1 is 1.40 bits per heavy atom. The van der Waals surface area contributed by atoms with Crippen molar-refractivity contribution >= 4 is 0 Å². The summed E-state index contributed by atoms with van der Waals surface area (Å²) in [5, 5.41) is 3.37. The van der Waals surface area contributed by atoms with E-state index in [4.69, 9.17) is 0 Å². The Morgan fingerprint density at radius 3 is 2.40 bits per heavy atom. The third-order valence-electron chi connectivity index (χ3n) is 4.08. The number of rotatable bonds is 6. The van der Waals surface area contributed by atoms with Gasteiger partial charge in [0.1, 0.15) is 0 Å². The van der Waals surface area contributed by atoms with Crippen molar-refractivity contribution in [2.75, 3.05) is 27.2 Å². The van der Waals surface area contributed by atoms with Crippen molar-refractivity contribution in [2.45, 2.75) is 46.1 Å². The third-order valence-corrected chi connectivity index (χ3v) is 4.08. The fourth-order valence-corrected chi connectivity index (χ4v) is 2.40. The van der Waals surface area contributed by atoms with Crippen molar-refractivity contribution in [3.8, 4) is 0 Å². The first-order chi connectivity index (χ1) is 6.95. The van der Waals surface area contributed by atoms with E-state index in [0.717, 1.165) is 5.92 Å². The molecule has 0 heterocycles. The van der Waals surface area contributed by atoms with E-state index in [0.29, 0.717) is 11.5 Å². The van der Waals surface area contributed by atoms with E-state index in [9.17, 15) is 0 Å². The van der Waals surface area contributed by atoms with Crippen LogP contribution in [0.15, 0.2) is 0 Å². The molecule has 0 radical (unpaired) electrons. The lowest BCUT2D eigenvalue weighted by atomic mass is 9.82. The molecule has 90 valence electrons. The minimum absolute atomic E-state index is 0.354. The molecular weight excluding hydrogens is 184 g/mol. The largest absolute Gasteiger partial charge is 0.317 e. The van der Waals surface area contributed by atoms with Crippen LogP contribution in [0.3, 0.4) is 0 Å². The molecule has 1 unspecified atom stereocenters. The maximum Gasteiger partial charge on any atom is 0.00991 e. The van der Waals surface area contributed by atoms with Gasteiger partial charge < -0.3 is 10.2 Å². The Hall–Kier alpha value is -0.0800. The fourth-order valence-electron chi connectivity index (χ4n) is 2.40. The summed E-state index contributed by atoms with van der Waals surface area (Å²) < 4.78 is 0. The summed E-state index contributed by atoms with van der Waals surface area (Å²) in [6.45, 7) is 9.46. The van der Waals surface area contributed by atoms with Crippen LogP contribution in [-0.2, 0) is 0 Å². The second-order valence-electron chi connectivity index (χ2n) is 5.99. The lowest BCUT2D eigenvalue weighted by Crippen LogP contribution is -2.45. The Kier molecular flexibility index (Phi) is 4.60. The van der Waals surface area contributed by atoms with Gasteiger partial charge in [0.2, 0.25) is 0 Å². The lowest BCUT2D eigenvalue weighted by molar-refractivity contribution is 0.132. The number of nitrogens with one attached hydrogen (secondary N) is 1. The van der Waals surface area contributed by atoms with E-state index in [1.807, 2.05) is 0 Å². The first-order valence-corrected chi connectivity index (χ1v) is 6.31. The summed E-state index contributed by atoms with van der Waals surface area (Å²) in [5.41, 5.74) is 0.354. The van der Waals surface area contributed by atoms with Crippen molar-refractivity contribution < 1.29 is 0 Å². The Morgan fingerprint density at radius 2 is 2.00 bits per heavy atom. The molecule has 0 aromatic rings. The highest BCUT2D eigenvalue weighted by Crippen LogP contribution is 2.28. The average molecular weight is 212 g/mol. The van der Waals surface area contributed by atoms with Gasteiger partial charge in [-0.2, -0.15) is 0 Å². The molecule has 0 aromatic heterocycles. The van der Waals surface area contributed by atoms with Crippen LogP contribution in [0.2, 0.25) is 0 Å². The molecule has 2 nitrogen and oxygen atoms in total. The molecule has 1 N–H and O–H groups in total. The van der Waals surface area contributed by atoms with Crippen LogP contribution in [0.25, 0.3) is 0 Å². The molecule has 0 saturated heterocycles. The van der Waals surface area contributed by atoms with Gasteiger partial charge in [-0.1, -0.05) is 20.3 Å². The predicted molar refractivity (Wildman–Crippen MR) is 67.1 cm³/mol. The Labute approximate surface area is 95.4 Å². The lowest BCUT2D eigenvalue weighted by Gasteiger charge is -2.38. The number of hydrogen-bond acceptors (Lipinski definition) is 2. The SMILES string of the molecule is CNC(C)C(C)(C)CN(C)CC1CCC1. The van der Waals surface area contributed by atoms with Gasteiger partial charge in [-0.25, -0.2) is 0 Å². The van der Waals surface area contributed by atoms with Crippen molar-refractivity contribution in [2.24, 2.45) is 11.3 Å². The summed E-state index contributed by atoms with van der Waals surface area (Å²) in [6.07, 6.45) is 4.35. The van der Waals surface area contributed by atoms with Crippen molar-refractivity contribution in [3.63, 3.8) is 0 Å². The standard InChI is InChI=1S/C13H28N2/c1-11(14-4)13(2,3)10-15(5)9-12-7-6-8-12/h11-12,14H,6-10H2,1-5H3. The molecule has 2 heteroatoms. The summed E-state index contributed by atoms with van der Waals surface area (Å²) in [4.78, 5) is 2.51. The number of nitrogens with zero attached hydrogens (tertiary/aromatic N) is 1. The van der Waals surface area contributed by atoms with E-state index in [2.05, 4.69) is 45.1 Å². The molecule has 15 heavy (non-hydrogen) atoms. The molecule has 0 amide bonds. The minimum atomic E-state index is 0.354. The normalized spacial score (nSPS) is 20.4. The molecule has 1 fully saturated rings. The van der Waals surface area contributed by atoms with Gasteiger partial charge in [0.15, 0.2) is 0 Å². The predicted octanol–water partition coefficient (Wildman–Crippen LogP) is 2.35.